The first-order valence-electron chi connectivity index (χ1n) is 5.88. The fourth-order valence-electron chi connectivity index (χ4n) is 1.50. The van der Waals surface area contributed by atoms with E-state index in [1.54, 1.807) is 24.3 Å². The molecule has 0 bridgehead atoms. The number of rotatable bonds is 7. The predicted octanol–water partition coefficient (Wildman–Crippen LogP) is 0.958. The van der Waals surface area contributed by atoms with Crippen LogP contribution in [0.2, 0.25) is 0 Å². The molecule has 0 amide bonds. The zero-order chi connectivity index (χ0) is 13.6. The topological polar surface area (TPSA) is 61.4 Å². The van der Waals surface area contributed by atoms with Gasteiger partial charge in [-0.1, -0.05) is 0 Å². The Bertz CT molecular complexity index is 455. The lowest BCUT2D eigenvalue weighted by molar-refractivity contribution is 0.405. The van der Waals surface area contributed by atoms with E-state index < -0.39 is 10.0 Å². The molecule has 0 aromatic heterocycles. The minimum Gasteiger partial charge on any atom is -0.385 e. The third kappa shape index (κ3) is 4.64. The Morgan fingerprint density at radius 2 is 1.78 bits per heavy atom. The van der Waals surface area contributed by atoms with Crippen LogP contribution in [0.25, 0.3) is 0 Å². The van der Waals surface area contributed by atoms with Gasteiger partial charge in [0.15, 0.2) is 0 Å². The summed E-state index contributed by atoms with van der Waals surface area (Å²) in [5.41, 5.74) is 0.934. The van der Waals surface area contributed by atoms with Crippen LogP contribution in [0.1, 0.15) is 6.42 Å². The molecule has 0 spiro atoms. The van der Waals surface area contributed by atoms with Crippen molar-refractivity contribution in [3.8, 4) is 0 Å². The molecule has 0 fully saturated rings. The summed E-state index contributed by atoms with van der Waals surface area (Å²) in [4.78, 5) is 2.41. The van der Waals surface area contributed by atoms with Gasteiger partial charge in [-0.2, -0.15) is 0 Å². The van der Waals surface area contributed by atoms with E-state index >= 15 is 0 Å². The molecular formula is C12H21N3O2S. The van der Waals surface area contributed by atoms with E-state index in [0.29, 0.717) is 0 Å². The maximum absolute atomic E-state index is 11.5. The maximum Gasteiger partial charge on any atom is 0.240 e. The summed E-state index contributed by atoms with van der Waals surface area (Å²) in [6, 6.07) is 6.75. The largest absolute Gasteiger partial charge is 0.385 e. The van der Waals surface area contributed by atoms with Crippen molar-refractivity contribution >= 4 is 15.7 Å². The second-order valence-corrected chi connectivity index (χ2v) is 6.20. The molecule has 0 aliphatic heterocycles. The first kappa shape index (κ1) is 14.9. The SMILES string of the molecule is CNS(=O)(=O)c1ccc(NCCCN(C)C)cc1. The molecule has 2 N–H and O–H groups in total. The van der Waals surface area contributed by atoms with Crippen molar-refractivity contribution in [3.05, 3.63) is 24.3 Å². The highest BCUT2D eigenvalue weighted by Crippen LogP contribution is 2.13. The fraction of sp³-hybridized carbons (Fsp3) is 0.500. The van der Waals surface area contributed by atoms with Gasteiger partial charge in [0.05, 0.1) is 4.90 Å². The molecule has 5 nitrogen and oxygen atoms in total. The predicted molar refractivity (Wildman–Crippen MR) is 74.3 cm³/mol. The molecule has 6 heteroatoms. The minimum absolute atomic E-state index is 0.281. The number of hydrogen-bond donors (Lipinski definition) is 2. The molecule has 102 valence electrons. The van der Waals surface area contributed by atoms with E-state index in [4.69, 9.17) is 0 Å². The van der Waals surface area contributed by atoms with E-state index in [0.717, 1.165) is 25.2 Å². The Labute approximate surface area is 109 Å². The van der Waals surface area contributed by atoms with Gasteiger partial charge in [0.1, 0.15) is 0 Å². The van der Waals surface area contributed by atoms with Crippen LogP contribution in [0.15, 0.2) is 29.2 Å². The van der Waals surface area contributed by atoms with Gasteiger partial charge in [-0.15, -0.1) is 0 Å². The minimum atomic E-state index is -3.34. The smallest absolute Gasteiger partial charge is 0.240 e. The molecule has 18 heavy (non-hydrogen) atoms. The highest BCUT2D eigenvalue weighted by atomic mass is 32.2. The van der Waals surface area contributed by atoms with E-state index in [2.05, 4.69) is 14.9 Å². The molecule has 1 aromatic carbocycles. The fourth-order valence-corrected chi connectivity index (χ4v) is 2.23. The standard InChI is InChI=1S/C12H21N3O2S/c1-13-18(16,17)12-7-5-11(6-8-12)14-9-4-10-15(2)3/h5-8,13-14H,4,9-10H2,1-3H3. The van der Waals surface area contributed by atoms with Gasteiger partial charge < -0.3 is 10.2 Å². The first-order valence-corrected chi connectivity index (χ1v) is 7.36. The summed E-state index contributed by atoms with van der Waals surface area (Å²) < 4.78 is 25.3. The molecule has 0 aliphatic carbocycles. The summed E-state index contributed by atoms with van der Waals surface area (Å²) in [7, 11) is 2.15. The quantitative estimate of drug-likeness (QED) is 0.725. The highest BCUT2D eigenvalue weighted by molar-refractivity contribution is 7.89. The van der Waals surface area contributed by atoms with Gasteiger partial charge >= 0.3 is 0 Å². The second-order valence-electron chi connectivity index (χ2n) is 4.32. The zero-order valence-electron chi connectivity index (χ0n) is 11.1. The number of nitrogens with one attached hydrogen (secondary N) is 2. The van der Waals surface area contributed by atoms with Crippen molar-refractivity contribution in [1.82, 2.24) is 9.62 Å². The molecule has 0 aliphatic rings. The summed E-state index contributed by atoms with van der Waals surface area (Å²) >= 11 is 0. The van der Waals surface area contributed by atoms with Crippen molar-refractivity contribution in [2.75, 3.05) is 39.5 Å². The van der Waals surface area contributed by atoms with Crippen LogP contribution in [0.4, 0.5) is 5.69 Å². The Hall–Kier alpha value is -1.11. The molecule has 0 saturated heterocycles. The van der Waals surface area contributed by atoms with E-state index in [1.807, 2.05) is 14.1 Å². The van der Waals surface area contributed by atoms with E-state index in [-0.39, 0.29) is 4.90 Å². The van der Waals surface area contributed by atoms with Crippen LogP contribution in [0.3, 0.4) is 0 Å². The molecule has 0 atom stereocenters. The molecule has 1 rings (SSSR count). The van der Waals surface area contributed by atoms with Crippen molar-refractivity contribution in [2.24, 2.45) is 0 Å². The summed E-state index contributed by atoms with van der Waals surface area (Å²) in [5.74, 6) is 0. The van der Waals surface area contributed by atoms with Crippen LogP contribution < -0.4 is 10.0 Å². The molecular weight excluding hydrogens is 250 g/mol. The van der Waals surface area contributed by atoms with Crippen LogP contribution in [0.5, 0.6) is 0 Å². The lowest BCUT2D eigenvalue weighted by atomic mass is 10.3. The van der Waals surface area contributed by atoms with Gasteiger partial charge in [0, 0.05) is 12.2 Å². The summed E-state index contributed by atoms with van der Waals surface area (Å²) in [6.45, 7) is 1.90. The third-order valence-corrected chi connectivity index (χ3v) is 3.97. The number of anilines is 1. The van der Waals surface area contributed by atoms with Crippen molar-refractivity contribution in [1.29, 1.82) is 0 Å². The van der Waals surface area contributed by atoms with Gasteiger partial charge in [0.2, 0.25) is 10.0 Å². The Balaban J connectivity index is 2.51. The number of nitrogens with zero attached hydrogens (tertiary/aromatic N) is 1. The van der Waals surface area contributed by atoms with Crippen molar-refractivity contribution < 1.29 is 8.42 Å². The highest BCUT2D eigenvalue weighted by Gasteiger charge is 2.09. The average molecular weight is 271 g/mol. The van der Waals surface area contributed by atoms with Crippen molar-refractivity contribution in [2.45, 2.75) is 11.3 Å². The average Bonchev–Trinajstić information content (AvgIpc) is 2.35. The lowest BCUT2D eigenvalue weighted by Gasteiger charge is -2.11. The van der Waals surface area contributed by atoms with Crippen LogP contribution in [0, 0.1) is 0 Å². The normalized spacial score (nSPS) is 11.8. The van der Waals surface area contributed by atoms with Crippen LogP contribution in [-0.2, 0) is 10.0 Å². The Kier molecular flexibility index (Phi) is 5.58. The molecule has 1 aromatic rings. The van der Waals surface area contributed by atoms with E-state index in [9.17, 15) is 8.42 Å². The molecule has 0 unspecified atom stereocenters. The monoisotopic (exact) mass is 271 g/mol. The molecule has 0 radical (unpaired) electrons. The maximum atomic E-state index is 11.5. The lowest BCUT2D eigenvalue weighted by Crippen LogP contribution is -2.18. The van der Waals surface area contributed by atoms with Gasteiger partial charge in [-0.3, -0.25) is 0 Å². The second kappa shape index (κ2) is 6.72. The summed E-state index contributed by atoms with van der Waals surface area (Å²) in [6.07, 6.45) is 1.05. The van der Waals surface area contributed by atoms with Crippen LogP contribution >= 0.6 is 0 Å². The van der Waals surface area contributed by atoms with Gasteiger partial charge in [0.25, 0.3) is 0 Å². The Morgan fingerprint density at radius 3 is 2.28 bits per heavy atom. The zero-order valence-corrected chi connectivity index (χ0v) is 11.9. The summed E-state index contributed by atoms with van der Waals surface area (Å²) in [5, 5.41) is 3.25. The number of sulfonamides is 1. The van der Waals surface area contributed by atoms with Gasteiger partial charge in [-0.25, -0.2) is 13.1 Å². The molecule has 0 saturated carbocycles. The first-order chi connectivity index (χ1) is 8.45. The molecule has 0 heterocycles. The van der Waals surface area contributed by atoms with Gasteiger partial charge in [-0.05, 0) is 58.4 Å². The number of hydrogen-bond acceptors (Lipinski definition) is 4. The Morgan fingerprint density at radius 1 is 1.17 bits per heavy atom. The third-order valence-electron chi connectivity index (χ3n) is 2.54. The van der Waals surface area contributed by atoms with Crippen LogP contribution in [-0.4, -0.2) is 47.6 Å². The van der Waals surface area contributed by atoms with E-state index in [1.165, 1.54) is 7.05 Å². The van der Waals surface area contributed by atoms with Crippen molar-refractivity contribution in [3.63, 3.8) is 0 Å². The number of benzene rings is 1.